The van der Waals surface area contributed by atoms with E-state index in [9.17, 15) is 14.9 Å². The average Bonchev–Trinajstić information content (AvgIpc) is 2.32. The molecule has 0 saturated heterocycles. The molecule has 0 saturated carbocycles. The summed E-state index contributed by atoms with van der Waals surface area (Å²) in [5, 5.41) is 10.8. The summed E-state index contributed by atoms with van der Waals surface area (Å²) in [4.78, 5) is 25.3. The zero-order chi connectivity index (χ0) is 12.3. The number of aromatic nitrogens is 2. The number of hydrogen-bond acceptors (Lipinski definition) is 4. The van der Waals surface area contributed by atoms with Crippen molar-refractivity contribution < 1.29 is 4.92 Å². The second-order valence-corrected chi connectivity index (χ2v) is 3.42. The third kappa shape index (κ3) is 2.36. The molecule has 0 aliphatic carbocycles. The van der Waals surface area contributed by atoms with E-state index < -0.39 is 10.6 Å². The molecule has 2 aromatic rings. The number of nitrogens with zero attached hydrogens (tertiary/aromatic N) is 3. The first-order valence-electron chi connectivity index (χ1n) is 4.92. The number of benzene rings is 1. The number of nitro benzene ring substituents is 1. The molecule has 0 amide bonds. The minimum Gasteiger partial charge on any atom is -0.294 e. The van der Waals surface area contributed by atoms with Crippen molar-refractivity contribution in [2.24, 2.45) is 0 Å². The van der Waals surface area contributed by atoms with Gasteiger partial charge in [-0.1, -0.05) is 18.2 Å². The van der Waals surface area contributed by atoms with Gasteiger partial charge in [0.15, 0.2) is 0 Å². The van der Waals surface area contributed by atoms with Gasteiger partial charge in [-0.3, -0.25) is 14.7 Å². The predicted octanol–water partition coefficient (Wildman–Crippen LogP) is 1.20. The Kier molecular flexibility index (Phi) is 2.95. The SMILES string of the molecule is O=c1ncccn1Cc1ccccc1[N+](=O)[O-]. The minimum absolute atomic E-state index is 0.00301. The van der Waals surface area contributed by atoms with Crippen molar-refractivity contribution in [3.63, 3.8) is 0 Å². The summed E-state index contributed by atoms with van der Waals surface area (Å²) in [6, 6.07) is 7.93. The van der Waals surface area contributed by atoms with Gasteiger partial charge in [0.25, 0.3) is 5.69 Å². The van der Waals surface area contributed by atoms with Gasteiger partial charge in [0, 0.05) is 24.0 Å². The van der Waals surface area contributed by atoms with Crippen molar-refractivity contribution in [2.45, 2.75) is 6.54 Å². The zero-order valence-electron chi connectivity index (χ0n) is 8.81. The van der Waals surface area contributed by atoms with Gasteiger partial charge in [-0.25, -0.2) is 9.78 Å². The van der Waals surface area contributed by atoms with Crippen molar-refractivity contribution in [3.05, 3.63) is 68.9 Å². The second-order valence-electron chi connectivity index (χ2n) is 3.42. The molecule has 0 aliphatic rings. The summed E-state index contributed by atoms with van der Waals surface area (Å²) in [5.41, 5.74) is 0.0569. The zero-order valence-corrected chi connectivity index (χ0v) is 8.81. The fourth-order valence-corrected chi connectivity index (χ4v) is 1.51. The summed E-state index contributed by atoms with van der Waals surface area (Å²) in [6.45, 7) is 0.143. The van der Waals surface area contributed by atoms with Gasteiger partial charge in [-0.2, -0.15) is 0 Å². The molecule has 17 heavy (non-hydrogen) atoms. The first-order valence-corrected chi connectivity index (χ1v) is 4.92. The maximum absolute atomic E-state index is 11.4. The third-order valence-corrected chi connectivity index (χ3v) is 2.31. The van der Waals surface area contributed by atoms with E-state index in [2.05, 4.69) is 4.98 Å². The summed E-state index contributed by atoms with van der Waals surface area (Å²) in [5.74, 6) is 0. The molecule has 1 heterocycles. The molecule has 2 rings (SSSR count). The number of nitro groups is 1. The summed E-state index contributed by atoms with van der Waals surface area (Å²) in [7, 11) is 0. The summed E-state index contributed by atoms with van der Waals surface area (Å²) < 4.78 is 1.32. The molecule has 0 fully saturated rings. The largest absolute Gasteiger partial charge is 0.347 e. The van der Waals surface area contributed by atoms with Crippen LogP contribution in [0.2, 0.25) is 0 Å². The van der Waals surface area contributed by atoms with Gasteiger partial charge in [-0.15, -0.1) is 0 Å². The fourth-order valence-electron chi connectivity index (χ4n) is 1.51. The summed E-state index contributed by atoms with van der Waals surface area (Å²) in [6.07, 6.45) is 2.93. The van der Waals surface area contributed by atoms with E-state index >= 15 is 0 Å². The van der Waals surface area contributed by atoms with Crippen LogP contribution in [0.15, 0.2) is 47.5 Å². The first-order chi connectivity index (χ1) is 8.18. The lowest BCUT2D eigenvalue weighted by Crippen LogP contribution is -2.22. The number of rotatable bonds is 3. The van der Waals surface area contributed by atoms with E-state index in [4.69, 9.17) is 0 Å². The van der Waals surface area contributed by atoms with E-state index in [-0.39, 0.29) is 12.2 Å². The first kappa shape index (κ1) is 11.0. The van der Waals surface area contributed by atoms with Crippen molar-refractivity contribution >= 4 is 5.69 Å². The van der Waals surface area contributed by atoms with E-state index in [0.717, 1.165) is 0 Å². The maximum atomic E-state index is 11.4. The molecule has 0 bridgehead atoms. The van der Waals surface area contributed by atoms with Gasteiger partial charge in [0.05, 0.1) is 11.5 Å². The molecule has 0 unspecified atom stereocenters. The van der Waals surface area contributed by atoms with Crippen LogP contribution in [-0.4, -0.2) is 14.5 Å². The Bertz CT molecular complexity index is 607. The van der Waals surface area contributed by atoms with Crippen LogP contribution in [0.4, 0.5) is 5.69 Å². The molecule has 0 aliphatic heterocycles. The maximum Gasteiger partial charge on any atom is 0.347 e. The number of para-hydroxylation sites is 1. The lowest BCUT2D eigenvalue weighted by Gasteiger charge is -2.04. The molecule has 0 spiro atoms. The molecule has 0 N–H and O–H groups in total. The fraction of sp³-hybridized carbons (Fsp3) is 0.0909. The van der Waals surface area contributed by atoms with Crippen LogP contribution >= 0.6 is 0 Å². The minimum atomic E-state index is -0.462. The monoisotopic (exact) mass is 231 g/mol. The van der Waals surface area contributed by atoms with E-state index in [1.807, 2.05) is 0 Å². The van der Waals surface area contributed by atoms with E-state index in [1.165, 1.54) is 16.8 Å². The van der Waals surface area contributed by atoms with Crippen LogP contribution in [0.5, 0.6) is 0 Å². The van der Waals surface area contributed by atoms with E-state index in [1.54, 1.807) is 30.5 Å². The molecule has 0 radical (unpaired) electrons. The lowest BCUT2D eigenvalue weighted by atomic mass is 10.2. The average molecular weight is 231 g/mol. The Morgan fingerprint density at radius 1 is 1.29 bits per heavy atom. The van der Waals surface area contributed by atoms with Gasteiger partial charge in [0.2, 0.25) is 0 Å². The number of hydrogen-bond donors (Lipinski definition) is 0. The van der Waals surface area contributed by atoms with Gasteiger partial charge in [0.1, 0.15) is 0 Å². The Balaban J connectivity index is 2.40. The smallest absolute Gasteiger partial charge is 0.294 e. The molecule has 1 aromatic carbocycles. The Morgan fingerprint density at radius 2 is 2.06 bits per heavy atom. The van der Waals surface area contributed by atoms with Gasteiger partial charge >= 0.3 is 5.69 Å². The molecule has 86 valence electrons. The highest BCUT2D eigenvalue weighted by Crippen LogP contribution is 2.17. The topological polar surface area (TPSA) is 78.0 Å². The van der Waals surface area contributed by atoms with Crippen LogP contribution in [0, 0.1) is 10.1 Å². The molecule has 1 aromatic heterocycles. The normalized spacial score (nSPS) is 10.1. The summed E-state index contributed by atoms with van der Waals surface area (Å²) >= 11 is 0. The van der Waals surface area contributed by atoms with Crippen molar-refractivity contribution in [2.75, 3.05) is 0 Å². The van der Waals surface area contributed by atoms with Crippen LogP contribution in [0.3, 0.4) is 0 Å². The van der Waals surface area contributed by atoms with Gasteiger partial charge < -0.3 is 0 Å². The second kappa shape index (κ2) is 4.56. The molecule has 0 atom stereocenters. The molecule has 6 heteroatoms. The highest BCUT2D eigenvalue weighted by Gasteiger charge is 2.12. The molecular formula is C11H9N3O3. The van der Waals surface area contributed by atoms with Gasteiger partial charge in [-0.05, 0) is 6.07 Å². The highest BCUT2D eigenvalue weighted by atomic mass is 16.6. The lowest BCUT2D eigenvalue weighted by molar-refractivity contribution is -0.385. The molecular weight excluding hydrogens is 222 g/mol. The van der Waals surface area contributed by atoms with Crippen LogP contribution in [-0.2, 0) is 6.54 Å². The third-order valence-electron chi connectivity index (χ3n) is 2.31. The van der Waals surface area contributed by atoms with Crippen LogP contribution in [0.1, 0.15) is 5.56 Å². The standard InChI is InChI=1S/C11H9N3O3/c15-11-12-6-3-7-13(11)8-9-4-1-2-5-10(9)14(16)17/h1-7H,8H2. The predicted molar refractivity (Wildman–Crippen MR) is 60.7 cm³/mol. The molecule has 6 nitrogen and oxygen atoms in total. The van der Waals surface area contributed by atoms with E-state index in [0.29, 0.717) is 5.56 Å². The Hall–Kier alpha value is -2.50. The quantitative estimate of drug-likeness (QED) is 0.587. The van der Waals surface area contributed by atoms with Crippen LogP contribution in [0.25, 0.3) is 0 Å². The van der Waals surface area contributed by atoms with Crippen molar-refractivity contribution in [1.82, 2.24) is 9.55 Å². The Morgan fingerprint density at radius 3 is 2.76 bits per heavy atom. The highest BCUT2D eigenvalue weighted by molar-refractivity contribution is 5.39. The van der Waals surface area contributed by atoms with Crippen molar-refractivity contribution in [1.29, 1.82) is 0 Å². The van der Waals surface area contributed by atoms with Crippen molar-refractivity contribution in [3.8, 4) is 0 Å². The van der Waals surface area contributed by atoms with Crippen LogP contribution < -0.4 is 5.69 Å². The Labute approximate surface area is 96.3 Å².